The Bertz CT molecular complexity index is 1120. The largest absolute Gasteiger partial charge is 0.497 e. The number of hydrogen-bond acceptors (Lipinski definition) is 4. The van der Waals surface area contributed by atoms with Gasteiger partial charge in [-0.3, -0.25) is 4.79 Å². The third-order valence-corrected chi connectivity index (χ3v) is 6.24. The number of benzene rings is 3. The molecular formula is C24H20BrNO4. The molecular weight excluding hydrogens is 446 g/mol. The third-order valence-electron chi connectivity index (χ3n) is 5.75. The summed E-state index contributed by atoms with van der Waals surface area (Å²) in [7, 11) is 3.40. The van der Waals surface area contributed by atoms with Crippen LogP contribution in [0.15, 0.2) is 77.3 Å². The Morgan fingerprint density at radius 1 is 1.00 bits per heavy atom. The molecule has 0 aromatic heterocycles. The van der Waals surface area contributed by atoms with Crippen LogP contribution in [0, 0.1) is 0 Å². The highest BCUT2D eigenvalue weighted by Gasteiger charge is 2.63. The highest BCUT2D eigenvalue weighted by Crippen LogP contribution is 2.58. The van der Waals surface area contributed by atoms with Gasteiger partial charge in [-0.2, -0.15) is 0 Å². The number of nitrogens with zero attached hydrogens (tertiary/aromatic N) is 1. The number of anilines is 1. The monoisotopic (exact) mass is 465 g/mol. The fourth-order valence-electron chi connectivity index (χ4n) is 4.29. The number of rotatable bonds is 3. The molecule has 3 aromatic carbocycles. The predicted molar refractivity (Wildman–Crippen MR) is 116 cm³/mol. The summed E-state index contributed by atoms with van der Waals surface area (Å²) in [5.41, 5.74) is 2.10. The Morgan fingerprint density at radius 2 is 1.77 bits per heavy atom. The summed E-state index contributed by atoms with van der Waals surface area (Å²) in [6.07, 6.45) is -1.29. The van der Waals surface area contributed by atoms with E-state index in [2.05, 4.69) is 15.9 Å². The van der Waals surface area contributed by atoms with Crippen LogP contribution in [0.4, 0.5) is 5.69 Å². The Hall–Kier alpha value is -2.67. The normalized spacial score (nSPS) is 25.0. The van der Waals surface area contributed by atoms with Gasteiger partial charge >= 0.3 is 0 Å². The molecule has 3 aromatic rings. The van der Waals surface area contributed by atoms with E-state index in [1.54, 1.807) is 19.1 Å². The zero-order chi connectivity index (χ0) is 20.9. The maximum Gasteiger partial charge on any atom is 0.266 e. The van der Waals surface area contributed by atoms with Crippen LogP contribution >= 0.6 is 15.9 Å². The van der Waals surface area contributed by atoms with E-state index in [1.165, 1.54) is 0 Å². The smallest absolute Gasteiger partial charge is 0.266 e. The number of carbonyl (C=O) groups is 1. The molecule has 1 fully saturated rings. The van der Waals surface area contributed by atoms with Crippen molar-refractivity contribution in [3.63, 3.8) is 0 Å². The van der Waals surface area contributed by atoms with Crippen molar-refractivity contribution < 1.29 is 19.0 Å². The van der Waals surface area contributed by atoms with Crippen molar-refractivity contribution in [3.05, 3.63) is 94.0 Å². The molecule has 5 nitrogen and oxygen atoms in total. The molecule has 30 heavy (non-hydrogen) atoms. The SMILES string of the molecule is COc1ccc([C@H]2O[C@H](c3cccc(Br)c3)[C@@]3(O2)C(=O)N(C)c2ccccc23)cc1. The van der Waals surface area contributed by atoms with Gasteiger partial charge in [-0.25, -0.2) is 0 Å². The van der Waals surface area contributed by atoms with E-state index < -0.39 is 18.0 Å². The number of halogens is 1. The zero-order valence-electron chi connectivity index (χ0n) is 16.5. The third kappa shape index (κ3) is 2.79. The van der Waals surface area contributed by atoms with E-state index in [4.69, 9.17) is 14.2 Å². The lowest BCUT2D eigenvalue weighted by Crippen LogP contribution is -2.42. The first kappa shape index (κ1) is 19.3. The lowest BCUT2D eigenvalue weighted by atomic mass is 9.85. The standard InChI is InChI=1S/C24H20BrNO4/c1-26-20-9-4-3-8-19(20)24(23(26)27)21(16-6-5-7-17(25)14-16)29-22(30-24)15-10-12-18(28-2)13-11-15/h3-14,21-22H,1-2H3/t21-,22+,24-/m1/s1. The summed E-state index contributed by atoms with van der Waals surface area (Å²) in [6.45, 7) is 0. The average Bonchev–Trinajstić information content (AvgIpc) is 3.28. The van der Waals surface area contributed by atoms with Crippen LogP contribution in [0.1, 0.15) is 29.1 Å². The molecule has 2 heterocycles. The van der Waals surface area contributed by atoms with Crippen molar-refractivity contribution in [2.24, 2.45) is 0 Å². The van der Waals surface area contributed by atoms with Gasteiger partial charge in [-0.05, 0) is 35.9 Å². The number of hydrogen-bond donors (Lipinski definition) is 0. The molecule has 0 unspecified atom stereocenters. The number of carbonyl (C=O) groups excluding carboxylic acids is 1. The minimum absolute atomic E-state index is 0.135. The van der Waals surface area contributed by atoms with Gasteiger partial charge in [-0.15, -0.1) is 0 Å². The van der Waals surface area contributed by atoms with Crippen LogP contribution in [0.25, 0.3) is 0 Å². The molecule has 0 N–H and O–H groups in total. The summed E-state index contributed by atoms with van der Waals surface area (Å²) in [5, 5.41) is 0. The quantitative estimate of drug-likeness (QED) is 0.538. The minimum Gasteiger partial charge on any atom is -0.497 e. The Morgan fingerprint density at radius 3 is 2.50 bits per heavy atom. The van der Waals surface area contributed by atoms with Gasteiger partial charge in [0, 0.05) is 22.6 Å². The number of likely N-dealkylation sites (N-methyl/N-ethyl adjacent to an activating group) is 1. The van der Waals surface area contributed by atoms with E-state index in [0.717, 1.165) is 32.6 Å². The Kier molecular flexibility index (Phi) is 4.65. The van der Waals surface area contributed by atoms with E-state index in [1.807, 2.05) is 72.8 Å². The molecule has 0 saturated carbocycles. The maximum absolute atomic E-state index is 13.6. The predicted octanol–water partition coefficient (Wildman–Crippen LogP) is 5.12. The van der Waals surface area contributed by atoms with E-state index in [-0.39, 0.29) is 5.91 Å². The van der Waals surface area contributed by atoms with Crippen LogP contribution in [0.5, 0.6) is 5.75 Å². The van der Waals surface area contributed by atoms with Gasteiger partial charge in [0.05, 0.1) is 12.8 Å². The summed E-state index contributed by atoms with van der Waals surface area (Å²) in [6, 6.07) is 23.1. The lowest BCUT2D eigenvalue weighted by Gasteiger charge is -2.27. The highest BCUT2D eigenvalue weighted by molar-refractivity contribution is 9.10. The van der Waals surface area contributed by atoms with Gasteiger partial charge in [0.1, 0.15) is 11.9 Å². The maximum atomic E-state index is 13.6. The minimum atomic E-state index is -1.25. The molecule has 0 aliphatic carbocycles. The molecule has 1 amide bonds. The van der Waals surface area contributed by atoms with Crippen molar-refractivity contribution in [1.82, 2.24) is 0 Å². The topological polar surface area (TPSA) is 48.0 Å². The molecule has 5 rings (SSSR count). The van der Waals surface area contributed by atoms with Crippen molar-refractivity contribution in [2.75, 3.05) is 19.1 Å². The summed E-state index contributed by atoms with van der Waals surface area (Å²) in [5.74, 6) is 0.613. The molecule has 1 spiro atoms. The van der Waals surface area contributed by atoms with Gasteiger partial charge in [-0.1, -0.05) is 58.4 Å². The van der Waals surface area contributed by atoms with Crippen LogP contribution in [-0.2, 0) is 19.9 Å². The van der Waals surface area contributed by atoms with Crippen molar-refractivity contribution in [1.29, 1.82) is 0 Å². The number of ether oxygens (including phenoxy) is 3. The summed E-state index contributed by atoms with van der Waals surface area (Å²) in [4.78, 5) is 15.3. The van der Waals surface area contributed by atoms with Gasteiger partial charge in [0.25, 0.3) is 5.91 Å². The molecule has 1 saturated heterocycles. The van der Waals surface area contributed by atoms with Crippen LogP contribution in [0.2, 0.25) is 0 Å². The molecule has 6 heteroatoms. The molecule has 2 aliphatic heterocycles. The highest BCUT2D eigenvalue weighted by atomic mass is 79.9. The number of fused-ring (bicyclic) bond motifs is 2. The van der Waals surface area contributed by atoms with Gasteiger partial charge < -0.3 is 19.1 Å². The van der Waals surface area contributed by atoms with E-state index >= 15 is 0 Å². The first-order valence-electron chi connectivity index (χ1n) is 9.65. The van der Waals surface area contributed by atoms with Crippen LogP contribution in [-0.4, -0.2) is 20.1 Å². The Labute approximate surface area is 183 Å². The van der Waals surface area contributed by atoms with E-state index in [0.29, 0.717) is 0 Å². The van der Waals surface area contributed by atoms with Gasteiger partial charge in [0.2, 0.25) is 5.60 Å². The van der Waals surface area contributed by atoms with Crippen LogP contribution in [0.3, 0.4) is 0 Å². The second-order valence-corrected chi connectivity index (χ2v) is 8.33. The molecule has 152 valence electrons. The number of para-hydroxylation sites is 1. The number of amides is 1. The second kappa shape index (κ2) is 7.23. The average molecular weight is 466 g/mol. The first-order valence-corrected chi connectivity index (χ1v) is 10.4. The van der Waals surface area contributed by atoms with Crippen molar-refractivity contribution in [2.45, 2.75) is 18.0 Å². The van der Waals surface area contributed by atoms with Crippen molar-refractivity contribution in [3.8, 4) is 5.75 Å². The molecule has 0 bridgehead atoms. The van der Waals surface area contributed by atoms with E-state index in [9.17, 15) is 4.79 Å². The molecule has 0 radical (unpaired) electrons. The Balaban J connectivity index is 1.66. The zero-order valence-corrected chi connectivity index (χ0v) is 18.1. The summed E-state index contributed by atoms with van der Waals surface area (Å²) < 4.78 is 19.1. The number of methoxy groups -OCH3 is 1. The fraction of sp³-hybridized carbons (Fsp3) is 0.208. The summed E-state index contributed by atoms with van der Waals surface area (Å²) >= 11 is 3.54. The first-order chi connectivity index (χ1) is 14.5. The van der Waals surface area contributed by atoms with Gasteiger partial charge in [0.15, 0.2) is 6.29 Å². The van der Waals surface area contributed by atoms with Crippen molar-refractivity contribution >= 4 is 27.5 Å². The molecule has 2 aliphatic rings. The molecule has 3 atom stereocenters. The van der Waals surface area contributed by atoms with Crippen LogP contribution < -0.4 is 9.64 Å². The second-order valence-electron chi connectivity index (χ2n) is 7.41. The fourth-order valence-corrected chi connectivity index (χ4v) is 4.71. The lowest BCUT2D eigenvalue weighted by molar-refractivity contribution is -0.145.